The first-order valence-corrected chi connectivity index (χ1v) is 5.94. The minimum absolute atomic E-state index is 0.146. The van der Waals surface area contributed by atoms with Crippen LogP contribution in [0.5, 0.6) is 0 Å². The standard InChI is InChI=1S/C13H17FN2O3/c1-8(2)7-11(12(17)18)16-13(19)15-10-5-3-9(14)4-6-10/h3-6,8,11H,7H2,1-2H3,(H,17,18)(H2,15,16,19)/t11-/m1/s1. The fourth-order valence-corrected chi connectivity index (χ4v) is 1.55. The zero-order valence-electron chi connectivity index (χ0n) is 10.8. The van der Waals surface area contributed by atoms with Crippen LogP contribution in [0.25, 0.3) is 0 Å². The van der Waals surface area contributed by atoms with Gasteiger partial charge in [0.25, 0.3) is 0 Å². The minimum Gasteiger partial charge on any atom is -0.480 e. The van der Waals surface area contributed by atoms with Crippen LogP contribution in [0.4, 0.5) is 14.9 Å². The zero-order chi connectivity index (χ0) is 14.4. The van der Waals surface area contributed by atoms with Crippen LogP contribution in [0.1, 0.15) is 20.3 Å². The number of carbonyl (C=O) groups excluding carboxylic acids is 1. The van der Waals surface area contributed by atoms with Gasteiger partial charge in [-0.1, -0.05) is 13.8 Å². The van der Waals surface area contributed by atoms with Gasteiger partial charge in [0.1, 0.15) is 11.9 Å². The van der Waals surface area contributed by atoms with E-state index in [1.54, 1.807) is 0 Å². The van der Waals surface area contributed by atoms with E-state index in [0.717, 1.165) is 0 Å². The second-order valence-electron chi connectivity index (χ2n) is 4.63. The predicted octanol–water partition coefficient (Wildman–Crippen LogP) is 2.45. The lowest BCUT2D eigenvalue weighted by Gasteiger charge is -2.16. The Kier molecular flexibility index (Phi) is 5.29. The average molecular weight is 268 g/mol. The number of urea groups is 1. The van der Waals surface area contributed by atoms with Crippen LogP contribution in [-0.2, 0) is 4.79 Å². The summed E-state index contributed by atoms with van der Waals surface area (Å²) in [5.74, 6) is -1.34. The molecule has 5 nitrogen and oxygen atoms in total. The molecule has 0 bridgehead atoms. The summed E-state index contributed by atoms with van der Waals surface area (Å²) in [6, 6.07) is 3.64. The summed E-state index contributed by atoms with van der Waals surface area (Å²) < 4.78 is 12.7. The van der Waals surface area contributed by atoms with Gasteiger partial charge < -0.3 is 15.7 Å². The lowest BCUT2D eigenvalue weighted by atomic mass is 10.0. The summed E-state index contributed by atoms with van der Waals surface area (Å²) in [7, 11) is 0. The number of hydrogen-bond donors (Lipinski definition) is 3. The maximum absolute atomic E-state index is 12.7. The van der Waals surface area contributed by atoms with Gasteiger partial charge in [-0.15, -0.1) is 0 Å². The van der Waals surface area contributed by atoms with Crippen LogP contribution in [0.15, 0.2) is 24.3 Å². The Hall–Kier alpha value is -2.11. The number of carboxylic acid groups (broad SMARTS) is 1. The molecule has 0 saturated heterocycles. The van der Waals surface area contributed by atoms with Crippen LogP contribution in [0, 0.1) is 11.7 Å². The van der Waals surface area contributed by atoms with Crippen molar-refractivity contribution in [3.63, 3.8) is 0 Å². The first kappa shape index (κ1) is 14.9. The van der Waals surface area contributed by atoms with E-state index in [1.807, 2.05) is 13.8 Å². The van der Waals surface area contributed by atoms with E-state index < -0.39 is 23.9 Å². The van der Waals surface area contributed by atoms with E-state index in [-0.39, 0.29) is 5.92 Å². The number of rotatable bonds is 5. The largest absolute Gasteiger partial charge is 0.480 e. The van der Waals surface area contributed by atoms with Gasteiger partial charge in [-0.2, -0.15) is 0 Å². The van der Waals surface area contributed by atoms with Crippen LogP contribution < -0.4 is 10.6 Å². The molecule has 2 amide bonds. The predicted molar refractivity (Wildman–Crippen MR) is 69.4 cm³/mol. The molecule has 0 unspecified atom stereocenters. The van der Waals surface area contributed by atoms with Gasteiger partial charge in [0.15, 0.2) is 0 Å². The second kappa shape index (κ2) is 6.72. The Morgan fingerprint density at radius 1 is 1.26 bits per heavy atom. The van der Waals surface area contributed by atoms with Crippen molar-refractivity contribution in [3.8, 4) is 0 Å². The average Bonchev–Trinajstić information content (AvgIpc) is 2.30. The Bertz CT molecular complexity index is 446. The molecule has 3 N–H and O–H groups in total. The molecule has 1 aromatic rings. The highest BCUT2D eigenvalue weighted by atomic mass is 19.1. The van der Waals surface area contributed by atoms with Gasteiger partial charge in [-0.3, -0.25) is 0 Å². The van der Waals surface area contributed by atoms with E-state index in [4.69, 9.17) is 5.11 Å². The lowest BCUT2D eigenvalue weighted by Crippen LogP contribution is -2.43. The first-order chi connectivity index (χ1) is 8.88. The fraction of sp³-hybridized carbons (Fsp3) is 0.385. The van der Waals surface area contributed by atoms with Gasteiger partial charge in [-0.25, -0.2) is 14.0 Å². The molecule has 1 rings (SSSR count). The molecule has 6 heteroatoms. The number of carbonyl (C=O) groups is 2. The first-order valence-electron chi connectivity index (χ1n) is 5.94. The van der Waals surface area contributed by atoms with Crippen LogP contribution >= 0.6 is 0 Å². The summed E-state index contributed by atoms with van der Waals surface area (Å²) >= 11 is 0. The summed E-state index contributed by atoms with van der Waals surface area (Å²) in [6.45, 7) is 3.74. The smallest absolute Gasteiger partial charge is 0.326 e. The van der Waals surface area contributed by atoms with Gasteiger partial charge in [0.2, 0.25) is 0 Å². The van der Waals surface area contributed by atoms with Crippen LogP contribution in [0.3, 0.4) is 0 Å². The Labute approximate surface area is 110 Å². The third-order valence-corrected chi connectivity index (χ3v) is 2.41. The number of amides is 2. The molecule has 1 atom stereocenters. The molecule has 0 spiro atoms. The quantitative estimate of drug-likeness (QED) is 0.767. The van der Waals surface area contributed by atoms with Gasteiger partial charge in [0, 0.05) is 5.69 Å². The fourth-order valence-electron chi connectivity index (χ4n) is 1.55. The van der Waals surface area contributed by atoms with Crippen LogP contribution in [-0.4, -0.2) is 23.1 Å². The molecule has 0 radical (unpaired) electrons. The molecule has 1 aromatic carbocycles. The second-order valence-corrected chi connectivity index (χ2v) is 4.63. The van der Waals surface area contributed by atoms with E-state index in [0.29, 0.717) is 12.1 Å². The lowest BCUT2D eigenvalue weighted by molar-refractivity contribution is -0.139. The number of nitrogens with one attached hydrogen (secondary N) is 2. The molecule has 0 saturated carbocycles. The molecule has 0 fully saturated rings. The molecule has 0 aliphatic rings. The molecule has 0 heterocycles. The Balaban J connectivity index is 2.57. The number of halogens is 1. The third-order valence-electron chi connectivity index (χ3n) is 2.41. The number of anilines is 1. The van der Waals surface area contributed by atoms with Crippen molar-refractivity contribution in [1.29, 1.82) is 0 Å². The van der Waals surface area contributed by atoms with Crippen molar-refractivity contribution >= 4 is 17.7 Å². The summed E-state index contributed by atoms with van der Waals surface area (Å²) in [6.07, 6.45) is 0.339. The zero-order valence-corrected chi connectivity index (χ0v) is 10.8. The Morgan fingerprint density at radius 3 is 2.32 bits per heavy atom. The molecule has 19 heavy (non-hydrogen) atoms. The van der Waals surface area contributed by atoms with Gasteiger partial charge >= 0.3 is 12.0 Å². The highest BCUT2D eigenvalue weighted by molar-refractivity contribution is 5.92. The number of hydrogen-bond acceptors (Lipinski definition) is 2. The summed E-state index contributed by atoms with van der Waals surface area (Å²) in [4.78, 5) is 22.6. The van der Waals surface area contributed by atoms with Crippen LogP contribution in [0.2, 0.25) is 0 Å². The minimum atomic E-state index is -1.08. The van der Waals surface area contributed by atoms with E-state index in [9.17, 15) is 14.0 Å². The number of benzene rings is 1. The topological polar surface area (TPSA) is 78.4 Å². The molecule has 104 valence electrons. The Morgan fingerprint density at radius 2 is 1.84 bits per heavy atom. The normalized spacial score (nSPS) is 12.0. The van der Waals surface area contributed by atoms with Crippen molar-refractivity contribution in [2.45, 2.75) is 26.3 Å². The molecular formula is C13H17FN2O3. The maximum atomic E-state index is 12.7. The summed E-state index contributed by atoms with van der Waals surface area (Å²) in [5, 5.41) is 13.8. The van der Waals surface area contributed by atoms with E-state index in [2.05, 4.69) is 10.6 Å². The van der Waals surface area contributed by atoms with Crippen molar-refractivity contribution < 1.29 is 19.1 Å². The van der Waals surface area contributed by atoms with Crippen molar-refractivity contribution in [3.05, 3.63) is 30.1 Å². The highest BCUT2D eigenvalue weighted by Gasteiger charge is 2.20. The van der Waals surface area contributed by atoms with Gasteiger partial charge in [0.05, 0.1) is 0 Å². The maximum Gasteiger partial charge on any atom is 0.326 e. The van der Waals surface area contributed by atoms with E-state index in [1.165, 1.54) is 24.3 Å². The molecule has 0 aromatic heterocycles. The molecule has 0 aliphatic heterocycles. The molecular weight excluding hydrogens is 251 g/mol. The number of aliphatic carboxylic acids is 1. The monoisotopic (exact) mass is 268 g/mol. The third kappa shape index (κ3) is 5.37. The van der Waals surface area contributed by atoms with Crippen molar-refractivity contribution in [1.82, 2.24) is 5.32 Å². The van der Waals surface area contributed by atoms with Crippen molar-refractivity contribution in [2.75, 3.05) is 5.32 Å². The van der Waals surface area contributed by atoms with Gasteiger partial charge in [-0.05, 0) is 36.6 Å². The SMILES string of the molecule is CC(C)C[C@@H](NC(=O)Nc1ccc(F)cc1)C(=O)O. The summed E-state index contributed by atoms with van der Waals surface area (Å²) in [5.41, 5.74) is 0.396. The number of carboxylic acids is 1. The molecule has 0 aliphatic carbocycles. The highest BCUT2D eigenvalue weighted by Crippen LogP contribution is 2.09. The van der Waals surface area contributed by atoms with Crippen molar-refractivity contribution in [2.24, 2.45) is 5.92 Å². The van der Waals surface area contributed by atoms with E-state index >= 15 is 0 Å².